The summed E-state index contributed by atoms with van der Waals surface area (Å²) >= 11 is 5.61. The first kappa shape index (κ1) is 19.7. The number of aromatic nitrogens is 3. The average molecular weight is 408 g/mol. The topological polar surface area (TPSA) is 62.9 Å². The van der Waals surface area contributed by atoms with Crippen molar-refractivity contribution in [3.63, 3.8) is 0 Å². The summed E-state index contributed by atoms with van der Waals surface area (Å²) in [6, 6.07) is 12.7. The maximum absolute atomic E-state index is 6.11. The summed E-state index contributed by atoms with van der Waals surface area (Å²) in [5.74, 6) is 0.818. The standard InChI is InChI=1S/C23H29N5S/c1-3-16-8-10-19(15-21(16)27-12-6-5-7-13-27)28-22(25-26-23(28)29)18-9-11-20(24)17(4-2)14-18/h8-11,14-15H,3-7,12-13,24H2,1-2H3,(H,26,29). The second kappa shape index (κ2) is 8.41. The highest BCUT2D eigenvalue weighted by molar-refractivity contribution is 7.71. The normalized spacial score (nSPS) is 14.3. The molecule has 1 aliphatic rings. The van der Waals surface area contributed by atoms with Crippen LogP contribution in [0.25, 0.3) is 17.1 Å². The molecule has 0 atom stereocenters. The van der Waals surface area contributed by atoms with Gasteiger partial charge in [0.15, 0.2) is 10.6 Å². The van der Waals surface area contributed by atoms with Gasteiger partial charge in [-0.1, -0.05) is 19.9 Å². The number of nitrogens with two attached hydrogens (primary N) is 1. The Kier molecular flexibility index (Phi) is 5.72. The molecule has 2 heterocycles. The van der Waals surface area contributed by atoms with Crippen LogP contribution in [0.15, 0.2) is 36.4 Å². The number of aryl methyl sites for hydroxylation is 2. The van der Waals surface area contributed by atoms with Crippen LogP contribution in [-0.2, 0) is 12.8 Å². The highest BCUT2D eigenvalue weighted by Crippen LogP contribution is 2.30. The zero-order valence-electron chi connectivity index (χ0n) is 17.2. The minimum Gasteiger partial charge on any atom is -0.399 e. The van der Waals surface area contributed by atoms with Crippen LogP contribution < -0.4 is 10.6 Å². The molecule has 3 N–H and O–H groups in total. The largest absolute Gasteiger partial charge is 0.399 e. The number of nitrogens with one attached hydrogen (secondary N) is 1. The molecule has 0 bridgehead atoms. The average Bonchev–Trinajstić information content (AvgIpc) is 3.15. The molecule has 0 saturated carbocycles. The van der Waals surface area contributed by atoms with Crippen LogP contribution in [-0.4, -0.2) is 27.9 Å². The van der Waals surface area contributed by atoms with Crippen molar-refractivity contribution in [1.82, 2.24) is 14.8 Å². The van der Waals surface area contributed by atoms with Crippen molar-refractivity contribution in [3.05, 3.63) is 52.3 Å². The smallest absolute Gasteiger partial charge is 0.200 e. The highest BCUT2D eigenvalue weighted by Gasteiger charge is 2.17. The first-order chi connectivity index (χ1) is 14.1. The van der Waals surface area contributed by atoms with E-state index < -0.39 is 0 Å². The fraction of sp³-hybridized carbons (Fsp3) is 0.391. The molecule has 0 radical (unpaired) electrons. The zero-order valence-corrected chi connectivity index (χ0v) is 18.1. The molecule has 1 saturated heterocycles. The number of H-pyrrole nitrogens is 1. The van der Waals surface area contributed by atoms with Gasteiger partial charge < -0.3 is 10.6 Å². The van der Waals surface area contributed by atoms with Crippen LogP contribution in [0.3, 0.4) is 0 Å². The Labute approximate surface area is 177 Å². The van der Waals surface area contributed by atoms with E-state index in [1.165, 1.54) is 30.5 Å². The van der Waals surface area contributed by atoms with E-state index in [4.69, 9.17) is 18.0 Å². The minimum atomic E-state index is 0.601. The van der Waals surface area contributed by atoms with Gasteiger partial charge in [0.2, 0.25) is 0 Å². The number of piperidine rings is 1. The third kappa shape index (κ3) is 3.81. The van der Waals surface area contributed by atoms with Crippen molar-refractivity contribution in [3.8, 4) is 17.1 Å². The molecule has 0 amide bonds. The van der Waals surface area contributed by atoms with Gasteiger partial charge in [0.1, 0.15) is 0 Å². The van der Waals surface area contributed by atoms with E-state index in [9.17, 15) is 0 Å². The van der Waals surface area contributed by atoms with E-state index in [2.05, 4.69) is 53.2 Å². The SMILES string of the molecule is CCc1cc(-c2n[nH]c(=S)n2-c2ccc(CC)c(N3CCCCC3)c2)ccc1N. The van der Waals surface area contributed by atoms with Crippen molar-refractivity contribution in [2.75, 3.05) is 23.7 Å². The van der Waals surface area contributed by atoms with E-state index in [-0.39, 0.29) is 0 Å². The fourth-order valence-electron chi connectivity index (χ4n) is 4.20. The third-order valence-electron chi connectivity index (χ3n) is 5.86. The van der Waals surface area contributed by atoms with Crippen molar-refractivity contribution < 1.29 is 0 Å². The molecule has 3 aromatic rings. The summed E-state index contributed by atoms with van der Waals surface area (Å²) < 4.78 is 2.64. The summed E-state index contributed by atoms with van der Waals surface area (Å²) in [5.41, 5.74) is 12.8. The lowest BCUT2D eigenvalue weighted by Crippen LogP contribution is -2.30. The second-order valence-electron chi connectivity index (χ2n) is 7.67. The predicted octanol–water partition coefficient (Wildman–Crippen LogP) is 5.29. The molecule has 4 rings (SSSR count). The van der Waals surface area contributed by atoms with Gasteiger partial charge in [0.25, 0.3) is 0 Å². The van der Waals surface area contributed by atoms with Crippen molar-refractivity contribution in [2.45, 2.75) is 46.0 Å². The molecule has 1 aromatic heterocycles. The van der Waals surface area contributed by atoms with E-state index in [0.29, 0.717) is 4.77 Å². The molecular formula is C23H29N5S. The Hall–Kier alpha value is -2.60. The van der Waals surface area contributed by atoms with Gasteiger partial charge in [-0.05, 0) is 85.8 Å². The molecule has 0 aliphatic carbocycles. The Morgan fingerprint density at radius 1 is 1.00 bits per heavy atom. The van der Waals surface area contributed by atoms with Crippen LogP contribution in [0.5, 0.6) is 0 Å². The van der Waals surface area contributed by atoms with E-state index >= 15 is 0 Å². The number of benzene rings is 2. The van der Waals surface area contributed by atoms with Crippen molar-refractivity contribution in [2.24, 2.45) is 0 Å². The quantitative estimate of drug-likeness (QED) is 0.445. The van der Waals surface area contributed by atoms with Crippen LogP contribution in [0.4, 0.5) is 11.4 Å². The van der Waals surface area contributed by atoms with Crippen molar-refractivity contribution in [1.29, 1.82) is 0 Å². The number of hydrogen-bond donors (Lipinski definition) is 2. The monoisotopic (exact) mass is 407 g/mol. The van der Waals surface area contributed by atoms with Gasteiger partial charge in [-0.2, -0.15) is 5.10 Å². The Morgan fingerprint density at radius 3 is 2.48 bits per heavy atom. The van der Waals surface area contributed by atoms with Crippen LogP contribution in [0, 0.1) is 4.77 Å². The number of nitrogen functional groups attached to an aromatic ring is 1. The van der Waals surface area contributed by atoms with Gasteiger partial charge in [0, 0.05) is 30.0 Å². The maximum atomic E-state index is 6.11. The predicted molar refractivity (Wildman–Crippen MR) is 123 cm³/mol. The molecule has 6 heteroatoms. The molecule has 1 fully saturated rings. The molecular weight excluding hydrogens is 378 g/mol. The maximum Gasteiger partial charge on any atom is 0.200 e. The molecule has 29 heavy (non-hydrogen) atoms. The van der Waals surface area contributed by atoms with E-state index in [1.807, 2.05) is 16.7 Å². The number of nitrogens with zero attached hydrogens (tertiary/aromatic N) is 3. The summed E-state index contributed by atoms with van der Waals surface area (Å²) in [7, 11) is 0. The van der Waals surface area contributed by atoms with E-state index in [1.54, 1.807) is 0 Å². The summed E-state index contributed by atoms with van der Waals surface area (Å²) in [6.07, 6.45) is 5.75. The molecule has 152 valence electrons. The fourth-order valence-corrected chi connectivity index (χ4v) is 4.44. The van der Waals surface area contributed by atoms with Gasteiger partial charge in [-0.3, -0.25) is 9.67 Å². The lowest BCUT2D eigenvalue weighted by atomic mass is 10.0. The number of hydrogen-bond acceptors (Lipinski definition) is 4. The van der Waals surface area contributed by atoms with Crippen LogP contribution >= 0.6 is 12.2 Å². The number of anilines is 2. The summed E-state index contributed by atoms with van der Waals surface area (Å²) in [5, 5.41) is 7.53. The Balaban J connectivity index is 1.82. The van der Waals surface area contributed by atoms with Gasteiger partial charge >= 0.3 is 0 Å². The number of aromatic amines is 1. The molecule has 1 aliphatic heterocycles. The first-order valence-electron chi connectivity index (χ1n) is 10.6. The number of rotatable bonds is 5. The first-order valence-corrected chi connectivity index (χ1v) is 11.0. The highest BCUT2D eigenvalue weighted by atomic mass is 32.1. The van der Waals surface area contributed by atoms with Gasteiger partial charge in [-0.15, -0.1) is 0 Å². The third-order valence-corrected chi connectivity index (χ3v) is 6.13. The second-order valence-corrected chi connectivity index (χ2v) is 8.06. The minimum absolute atomic E-state index is 0.601. The summed E-state index contributed by atoms with van der Waals surface area (Å²) in [4.78, 5) is 2.52. The zero-order chi connectivity index (χ0) is 20.4. The lowest BCUT2D eigenvalue weighted by molar-refractivity contribution is 0.576. The Morgan fingerprint density at radius 2 is 1.76 bits per heavy atom. The molecule has 5 nitrogen and oxygen atoms in total. The Bertz CT molecular complexity index is 1060. The van der Waals surface area contributed by atoms with Gasteiger partial charge in [-0.25, -0.2) is 0 Å². The van der Waals surface area contributed by atoms with Crippen LogP contribution in [0.1, 0.15) is 44.2 Å². The molecule has 0 spiro atoms. The molecule has 0 unspecified atom stereocenters. The van der Waals surface area contributed by atoms with Crippen LogP contribution in [0.2, 0.25) is 0 Å². The lowest BCUT2D eigenvalue weighted by Gasteiger charge is -2.31. The van der Waals surface area contributed by atoms with Gasteiger partial charge in [0.05, 0.1) is 5.69 Å². The van der Waals surface area contributed by atoms with Crippen molar-refractivity contribution >= 4 is 23.6 Å². The molecule has 2 aromatic carbocycles. The van der Waals surface area contributed by atoms with E-state index in [0.717, 1.165) is 54.3 Å². The summed E-state index contributed by atoms with van der Waals surface area (Å²) in [6.45, 7) is 6.58.